The molecule has 1 aliphatic heterocycles. The minimum atomic E-state index is -0.950. The Kier molecular flexibility index (Phi) is 4.55. The van der Waals surface area contributed by atoms with E-state index < -0.39 is 5.97 Å². The molecule has 1 N–H and O–H groups in total. The van der Waals surface area contributed by atoms with Crippen molar-refractivity contribution < 1.29 is 19.4 Å². The van der Waals surface area contributed by atoms with E-state index in [1.54, 1.807) is 11.8 Å². The van der Waals surface area contributed by atoms with E-state index in [-0.39, 0.29) is 18.4 Å². The smallest absolute Gasteiger partial charge is 0.329 e. The van der Waals surface area contributed by atoms with Gasteiger partial charge >= 0.3 is 5.97 Å². The van der Waals surface area contributed by atoms with Crippen molar-refractivity contribution in [3.8, 4) is 0 Å². The summed E-state index contributed by atoms with van der Waals surface area (Å²) in [4.78, 5) is 23.1. The highest BCUT2D eigenvalue weighted by Gasteiger charge is 2.21. The Hall–Kier alpha value is -1.10. The number of carbonyl (C=O) groups is 2. The zero-order valence-corrected chi connectivity index (χ0v) is 8.94. The van der Waals surface area contributed by atoms with Crippen molar-refractivity contribution >= 4 is 11.9 Å². The number of ether oxygens (including phenoxy) is 1. The average Bonchev–Trinajstić information content (AvgIpc) is 2.17. The van der Waals surface area contributed by atoms with Gasteiger partial charge in [-0.2, -0.15) is 0 Å². The van der Waals surface area contributed by atoms with Gasteiger partial charge in [-0.15, -0.1) is 0 Å². The van der Waals surface area contributed by atoms with E-state index in [4.69, 9.17) is 9.84 Å². The van der Waals surface area contributed by atoms with E-state index in [1.807, 2.05) is 0 Å². The zero-order valence-electron chi connectivity index (χ0n) is 8.94. The number of carbonyl (C=O) groups excluding carboxylic acids is 1. The van der Waals surface area contributed by atoms with E-state index in [0.717, 1.165) is 19.4 Å². The maximum Gasteiger partial charge on any atom is 0.329 e. The molecule has 1 atom stereocenters. The summed E-state index contributed by atoms with van der Waals surface area (Å²) in [7, 11) is 0. The van der Waals surface area contributed by atoms with Gasteiger partial charge in [0.1, 0.15) is 6.61 Å². The molecule has 1 rings (SSSR count). The van der Waals surface area contributed by atoms with Crippen LogP contribution in [0, 0.1) is 5.92 Å². The van der Waals surface area contributed by atoms with Crippen LogP contribution in [0.5, 0.6) is 0 Å². The van der Waals surface area contributed by atoms with Gasteiger partial charge in [-0.05, 0) is 18.8 Å². The second-order valence-electron chi connectivity index (χ2n) is 3.88. The molecule has 1 aliphatic rings. The number of piperidine rings is 1. The predicted molar refractivity (Wildman–Crippen MR) is 53.4 cm³/mol. The summed E-state index contributed by atoms with van der Waals surface area (Å²) in [6, 6.07) is 0. The first kappa shape index (κ1) is 12.0. The molecule has 0 saturated carbocycles. The fourth-order valence-electron chi connectivity index (χ4n) is 1.80. The Morgan fingerprint density at radius 1 is 1.53 bits per heavy atom. The van der Waals surface area contributed by atoms with Crippen LogP contribution in [0.4, 0.5) is 0 Å². The first-order chi connectivity index (χ1) is 7.09. The van der Waals surface area contributed by atoms with E-state index in [0.29, 0.717) is 13.2 Å². The van der Waals surface area contributed by atoms with Gasteiger partial charge in [0.05, 0.1) is 6.61 Å². The minimum Gasteiger partial charge on any atom is -0.480 e. The van der Waals surface area contributed by atoms with Gasteiger partial charge in [0, 0.05) is 20.0 Å². The first-order valence-corrected chi connectivity index (χ1v) is 5.14. The lowest BCUT2D eigenvalue weighted by molar-refractivity contribution is -0.143. The number of amides is 1. The Morgan fingerprint density at radius 2 is 2.27 bits per heavy atom. The van der Waals surface area contributed by atoms with Gasteiger partial charge in [0.15, 0.2) is 0 Å². The molecule has 1 saturated heterocycles. The van der Waals surface area contributed by atoms with Gasteiger partial charge in [-0.1, -0.05) is 0 Å². The van der Waals surface area contributed by atoms with Crippen LogP contribution in [-0.4, -0.2) is 48.2 Å². The van der Waals surface area contributed by atoms with Crippen molar-refractivity contribution in [1.29, 1.82) is 0 Å². The molecule has 1 fully saturated rings. The number of nitrogens with zero attached hydrogens (tertiary/aromatic N) is 1. The molecular formula is C10H17NO4. The molecule has 1 heterocycles. The second-order valence-corrected chi connectivity index (χ2v) is 3.88. The number of carboxylic acid groups (broad SMARTS) is 1. The van der Waals surface area contributed by atoms with Gasteiger partial charge < -0.3 is 14.7 Å². The molecule has 0 radical (unpaired) electrons. The Morgan fingerprint density at radius 3 is 2.87 bits per heavy atom. The van der Waals surface area contributed by atoms with E-state index in [1.165, 1.54) is 0 Å². The molecule has 15 heavy (non-hydrogen) atoms. The largest absolute Gasteiger partial charge is 0.480 e. The highest BCUT2D eigenvalue weighted by atomic mass is 16.5. The topological polar surface area (TPSA) is 66.8 Å². The molecule has 5 nitrogen and oxygen atoms in total. The summed E-state index contributed by atoms with van der Waals surface area (Å²) in [6.07, 6.45) is 1.98. The van der Waals surface area contributed by atoms with Crippen LogP contribution in [0.3, 0.4) is 0 Å². The maximum atomic E-state index is 11.1. The highest BCUT2D eigenvalue weighted by molar-refractivity contribution is 5.73. The van der Waals surface area contributed by atoms with Crippen LogP contribution < -0.4 is 0 Å². The summed E-state index contributed by atoms with van der Waals surface area (Å²) in [6.45, 7) is 3.23. The number of hydrogen-bond donors (Lipinski definition) is 1. The van der Waals surface area contributed by atoms with Gasteiger partial charge in [0.25, 0.3) is 0 Å². The quantitative estimate of drug-likeness (QED) is 0.734. The van der Waals surface area contributed by atoms with Gasteiger partial charge in [-0.25, -0.2) is 4.79 Å². The maximum absolute atomic E-state index is 11.1. The summed E-state index contributed by atoms with van der Waals surface area (Å²) in [5.74, 6) is -0.589. The van der Waals surface area contributed by atoms with Crippen molar-refractivity contribution in [2.24, 2.45) is 5.92 Å². The minimum absolute atomic E-state index is 0.0814. The first-order valence-electron chi connectivity index (χ1n) is 5.14. The van der Waals surface area contributed by atoms with Crippen molar-refractivity contribution in [1.82, 2.24) is 4.90 Å². The molecule has 1 amide bonds. The lowest BCUT2D eigenvalue weighted by Gasteiger charge is -2.31. The SMILES string of the molecule is CC(=O)N1CCC[C@H](COCC(=O)O)C1. The number of carboxylic acids is 1. The van der Waals surface area contributed by atoms with Crippen molar-refractivity contribution in [3.05, 3.63) is 0 Å². The molecule has 0 aromatic carbocycles. The summed E-state index contributed by atoms with van der Waals surface area (Å²) in [5, 5.41) is 8.39. The van der Waals surface area contributed by atoms with Crippen LogP contribution in [0.15, 0.2) is 0 Å². The standard InChI is InChI=1S/C10H17NO4/c1-8(12)11-4-2-3-9(5-11)6-15-7-10(13)14/h9H,2-7H2,1H3,(H,13,14)/t9-/m0/s1. The normalized spacial score (nSPS) is 21.4. The molecule has 0 aromatic rings. The zero-order chi connectivity index (χ0) is 11.3. The molecule has 0 aromatic heterocycles. The summed E-state index contributed by atoms with van der Waals surface area (Å²) < 4.78 is 5.03. The van der Waals surface area contributed by atoms with E-state index >= 15 is 0 Å². The van der Waals surface area contributed by atoms with E-state index in [9.17, 15) is 9.59 Å². The average molecular weight is 215 g/mol. The van der Waals surface area contributed by atoms with E-state index in [2.05, 4.69) is 0 Å². The molecule has 86 valence electrons. The molecule has 0 unspecified atom stereocenters. The summed E-state index contributed by atoms with van der Waals surface area (Å²) >= 11 is 0. The van der Waals surface area contributed by atoms with Crippen LogP contribution in [0.1, 0.15) is 19.8 Å². The van der Waals surface area contributed by atoms with Gasteiger partial charge in [-0.3, -0.25) is 4.79 Å². The third-order valence-corrected chi connectivity index (χ3v) is 2.54. The fraction of sp³-hybridized carbons (Fsp3) is 0.800. The molecule has 0 spiro atoms. The highest BCUT2D eigenvalue weighted by Crippen LogP contribution is 2.16. The third kappa shape index (κ3) is 4.29. The van der Waals surface area contributed by atoms with Crippen LogP contribution in [0.25, 0.3) is 0 Å². The third-order valence-electron chi connectivity index (χ3n) is 2.54. The number of aliphatic carboxylic acids is 1. The number of hydrogen-bond acceptors (Lipinski definition) is 3. The van der Waals surface area contributed by atoms with Crippen LogP contribution in [0.2, 0.25) is 0 Å². The molecule has 5 heteroatoms. The fourth-order valence-corrected chi connectivity index (χ4v) is 1.80. The molecular weight excluding hydrogens is 198 g/mol. The second kappa shape index (κ2) is 5.70. The Balaban J connectivity index is 2.24. The molecule has 0 aliphatic carbocycles. The van der Waals surface area contributed by atoms with Crippen molar-refractivity contribution in [3.63, 3.8) is 0 Å². The Bertz CT molecular complexity index is 242. The van der Waals surface area contributed by atoms with Crippen LogP contribution in [-0.2, 0) is 14.3 Å². The lowest BCUT2D eigenvalue weighted by atomic mass is 9.99. The number of likely N-dealkylation sites (tertiary alicyclic amines) is 1. The van der Waals surface area contributed by atoms with Crippen molar-refractivity contribution in [2.75, 3.05) is 26.3 Å². The number of rotatable bonds is 4. The van der Waals surface area contributed by atoms with Crippen molar-refractivity contribution in [2.45, 2.75) is 19.8 Å². The molecule has 0 bridgehead atoms. The monoisotopic (exact) mass is 215 g/mol. The van der Waals surface area contributed by atoms with Crippen LogP contribution >= 0.6 is 0 Å². The van der Waals surface area contributed by atoms with Gasteiger partial charge in [0.2, 0.25) is 5.91 Å². The predicted octanol–water partition coefficient (Wildman–Crippen LogP) is 0.346. The lowest BCUT2D eigenvalue weighted by Crippen LogP contribution is -2.40. The Labute approximate surface area is 89.0 Å². The summed E-state index contributed by atoms with van der Waals surface area (Å²) in [5.41, 5.74) is 0.